The number of aliphatic hydroxyl groups is 1. The first-order chi connectivity index (χ1) is 4.41. The van der Waals surface area contributed by atoms with Gasteiger partial charge in [0, 0.05) is 0 Å². The van der Waals surface area contributed by atoms with Crippen molar-refractivity contribution in [1.82, 2.24) is 0 Å². The Morgan fingerprint density at radius 3 is 2.44 bits per heavy atom. The second-order valence-electron chi connectivity index (χ2n) is 2.18. The van der Waals surface area contributed by atoms with E-state index in [9.17, 15) is 0 Å². The van der Waals surface area contributed by atoms with E-state index in [1.165, 1.54) is 23.3 Å². The Kier molecular flexibility index (Phi) is 8.98. The first-order valence-electron chi connectivity index (χ1n) is 3.73. The third kappa shape index (κ3) is 8.50. The molecule has 0 aliphatic rings. The number of aliphatic hydroxyl groups excluding tert-OH is 1. The maximum absolute atomic E-state index is 8.44. The van der Waals surface area contributed by atoms with E-state index < -0.39 is 0 Å². The summed E-state index contributed by atoms with van der Waals surface area (Å²) in [6.07, 6.45) is 3.79. The van der Waals surface area contributed by atoms with Crippen LogP contribution in [0.15, 0.2) is 0 Å². The van der Waals surface area contributed by atoms with E-state index in [2.05, 4.69) is 6.92 Å². The van der Waals surface area contributed by atoms with Crippen LogP contribution in [0.2, 0.25) is 10.5 Å². The number of hydrogen-bond donors (Lipinski definition) is 1. The third-order valence-corrected chi connectivity index (χ3v) is 4.19. The second kappa shape index (κ2) is 8.50. The molecule has 54 valence electrons. The summed E-state index contributed by atoms with van der Waals surface area (Å²) in [6, 6.07) is 0. The molecular formula is C7H16GeO. The van der Waals surface area contributed by atoms with Crippen molar-refractivity contribution < 1.29 is 5.11 Å². The van der Waals surface area contributed by atoms with Gasteiger partial charge in [-0.05, 0) is 0 Å². The number of rotatable bonds is 6. The summed E-state index contributed by atoms with van der Waals surface area (Å²) in [5, 5.41) is 11.2. The molecule has 0 saturated heterocycles. The fourth-order valence-corrected chi connectivity index (χ4v) is 3.28. The molecule has 1 N–H and O–H groups in total. The van der Waals surface area contributed by atoms with Gasteiger partial charge in [0.1, 0.15) is 0 Å². The van der Waals surface area contributed by atoms with E-state index in [-0.39, 0.29) is 0 Å². The molecule has 0 aromatic carbocycles. The third-order valence-electron chi connectivity index (χ3n) is 1.22. The van der Waals surface area contributed by atoms with Crippen LogP contribution in [0.1, 0.15) is 26.2 Å². The van der Waals surface area contributed by atoms with Crippen molar-refractivity contribution in [2.75, 3.05) is 6.61 Å². The van der Waals surface area contributed by atoms with Crippen LogP contribution in [0.25, 0.3) is 0 Å². The van der Waals surface area contributed by atoms with Crippen LogP contribution in [0, 0.1) is 0 Å². The van der Waals surface area contributed by atoms with E-state index >= 15 is 0 Å². The normalized spacial score (nSPS) is 10.0. The molecule has 0 spiro atoms. The van der Waals surface area contributed by atoms with Gasteiger partial charge in [-0.25, -0.2) is 0 Å². The molecule has 0 bridgehead atoms. The summed E-state index contributed by atoms with van der Waals surface area (Å²) in [6.45, 7) is 2.63. The minimum absolute atomic E-state index is 0.336. The molecule has 2 heteroatoms. The van der Waals surface area contributed by atoms with Crippen LogP contribution < -0.4 is 0 Å². The Bertz CT molecular complexity index is 42.2. The van der Waals surface area contributed by atoms with Gasteiger partial charge >= 0.3 is 63.8 Å². The van der Waals surface area contributed by atoms with Gasteiger partial charge in [-0.2, -0.15) is 0 Å². The summed E-state index contributed by atoms with van der Waals surface area (Å²) in [4.78, 5) is 0. The van der Waals surface area contributed by atoms with Crippen molar-refractivity contribution in [3.05, 3.63) is 0 Å². The molecular weight excluding hydrogens is 173 g/mol. The zero-order chi connectivity index (χ0) is 6.95. The van der Waals surface area contributed by atoms with E-state index in [1.807, 2.05) is 0 Å². The van der Waals surface area contributed by atoms with Gasteiger partial charge in [0.15, 0.2) is 0 Å². The Morgan fingerprint density at radius 2 is 1.89 bits per heavy atom. The SMILES string of the molecule is CCC[CH2][Ge][CH2]CCO. The maximum atomic E-state index is 8.44. The van der Waals surface area contributed by atoms with Crippen molar-refractivity contribution in [2.24, 2.45) is 0 Å². The average Bonchev–Trinajstić information content (AvgIpc) is 1.89. The fourth-order valence-electron chi connectivity index (χ4n) is 0.631. The monoisotopic (exact) mass is 190 g/mol. The molecule has 0 rings (SSSR count). The second-order valence-corrected chi connectivity index (χ2v) is 5.33. The summed E-state index contributed by atoms with van der Waals surface area (Å²) in [5.74, 6) is 0. The first kappa shape index (κ1) is 9.50. The predicted octanol–water partition coefficient (Wildman–Crippen LogP) is 1.71. The molecule has 0 aromatic rings. The van der Waals surface area contributed by atoms with Gasteiger partial charge in [-0.1, -0.05) is 0 Å². The van der Waals surface area contributed by atoms with E-state index in [1.54, 1.807) is 0 Å². The van der Waals surface area contributed by atoms with Crippen molar-refractivity contribution in [1.29, 1.82) is 0 Å². The molecule has 0 aromatic heterocycles. The molecule has 0 aliphatic carbocycles. The van der Waals surface area contributed by atoms with Gasteiger partial charge < -0.3 is 0 Å². The Hall–Kier alpha value is 0.503. The molecule has 1 nitrogen and oxygen atoms in total. The molecule has 0 fully saturated rings. The topological polar surface area (TPSA) is 20.2 Å². The van der Waals surface area contributed by atoms with E-state index in [0.29, 0.717) is 22.0 Å². The van der Waals surface area contributed by atoms with Gasteiger partial charge in [0.05, 0.1) is 0 Å². The van der Waals surface area contributed by atoms with Gasteiger partial charge in [0.2, 0.25) is 0 Å². The van der Waals surface area contributed by atoms with Gasteiger partial charge in [-0.15, -0.1) is 0 Å². The van der Waals surface area contributed by atoms with Crippen molar-refractivity contribution in [3.63, 3.8) is 0 Å². The van der Waals surface area contributed by atoms with Crippen LogP contribution in [-0.4, -0.2) is 27.1 Å². The zero-order valence-electron chi connectivity index (χ0n) is 6.19. The molecule has 0 saturated carbocycles. The molecule has 0 aliphatic heterocycles. The minimum atomic E-state index is 0.336. The van der Waals surface area contributed by atoms with Crippen LogP contribution in [-0.2, 0) is 0 Å². The predicted molar refractivity (Wildman–Crippen MR) is 42.0 cm³/mol. The fraction of sp³-hybridized carbons (Fsp3) is 1.00. The Balaban J connectivity index is 2.60. The molecule has 0 amide bonds. The van der Waals surface area contributed by atoms with Gasteiger partial charge in [0.25, 0.3) is 0 Å². The van der Waals surface area contributed by atoms with Crippen molar-refractivity contribution in [2.45, 2.75) is 36.7 Å². The quantitative estimate of drug-likeness (QED) is 0.497. The van der Waals surface area contributed by atoms with E-state index in [0.717, 1.165) is 6.42 Å². The number of unbranched alkanes of at least 4 members (excludes halogenated alkanes) is 1. The van der Waals surface area contributed by atoms with Crippen LogP contribution in [0.5, 0.6) is 0 Å². The Labute approximate surface area is 64.3 Å². The van der Waals surface area contributed by atoms with Crippen molar-refractivity contribution in [3.8, 4) is 0 Å². The molecule has 2 radical (unpaired) electrons. The zero-order valence-corrected chi connectivity index (χ0v) is 8.29. The molecule has 0 heterocycles. The first-order valence-corrected chi connectivity index (χ1v) is 6.70. The summed E-state index contributed by atoms with van der Waals surface area (Å²) in [5.41, 5.74) is 0. The van der Waals surface area contributed by atoms with Crippen LogP contribution in [0.3, 0.4) is 0 Å². The molecule has 0 unspecified atom stereocenters. The molecule has 9 heavy (non-hydrogen) atoms. The standard InChI is InChI=1S/C7H16GeO/c1-2-3-5-8-6-4-7-9/h9H,2-7H2,1H3. The van der Waals surface area contributed by atoms with Crippen molar-refractivity contribution >= 4 is 15.4 Å². The van der Waals surface area contributed by atoms with E-state index in [4.69, 9.17) is 5.11 Å². The Morgan fingerprint density at radius 1 is 1.22 bits per heavy atom. The van der Waals surface area contributed by atoms with Crippen LogP contribution in [0.4, 0.5) is 0 Å². The average molecular weight is 189 g/mol. The summed E-state index contributed by atoms with van der Waals surface area (Å²) < 4.78 is 0. The summed E-state index contributed by atoms with van der Waals surface area (Å²) in [7, 11) is 0. The van der Waals surface area contributed by atoms with Gasteiger partial charge in [-0.3, -0.25) is 0 Å². The summed E-state index contributed by atoms with van der Waals surface area (Å²) >= 11 is 0.336. The number of hydrogen-bond acceptors (Lipinski definition) is 1. The van der Waals surface area contributed by atoms with Crippen LogP contribution >= 0.6 is 0 Å². The molecule has 0 atom stereocenters.